The summed E-state index contributed by atoms with van der Waals surface area (Å²) in [6, 6.07) is 9.32. The number of halogens is 1. The minimum absolute atomic E-state index is 0.104. The predicted molar refractivity (Wildman–Crippen MR) is 127 cm³/mol. The van der Waals surface area contributed by atoms with Gasteiger partial charge in [-0.05, 0) is 61.7 Å². The van der Waals surface area contributed by atoms with Crippen molar-refractivity contribution in [3.8, 4) is 17.1 Å². The van der Waals surface area contributed by atoms with E-state index in [1.54, 1.807) is 24.3 Å². The third-order valence-electron chi connectivity index (χ3n) is 5.70. The van der Waals surface area contributed by atoms with Crippen LogP contribution >= 0.6 is 0 Å². The van der Waals surface area contributed by atoms with Crippen molar-refractivity contribution in [3.05, 3.63) is 59.7 Å². The van der Waals surface area contributed by atoms with Crippen molar-refractivity contribution in [2.75, 3.05) is 18.5 Å². The van der Waals surface area contributed by atoms with E-state index in [1.807, 2.05) is 6.92 Å². The van der Waals surface area contributed by atoms with Crippen molar-refractivity contribution in [1.82, 2.24) is 15.5 Å². The Balaban J connectivity index is 1.41. The fraction of sp³-hybridized carbons (Fsp3) is 0.360. The summed E-state index contributed by atoms with van der Waals surface area (Å²) in [5, 5.41) is 26.6. The highest BCUT2D eigenvalue weighted by molar-refractivity contribution is 5.99. The predicted octanol–water partition coefficient (Wildman–Crippen LogP) is 3.47. The van der Waals surface area contributed by atoms with E-state index < -0.39 is 37.2 Å². The van der Waals surface area contributed by atoms with Crippen molar-refractivity contribution < 1.29 is 33.5 Å². The number of nitrogens with zero attached hydrogens (tertiary/aromatic N) is 2. The van der Waals surface area contributed by atoms with Crippen LogP contribution in [-0.2, 0) is 0 Å². The van der Waals surface area contributed by atoms with E-state index in [4.69, 9.17) is 19.5 Å². The Labute approximate surface area is 206 Å². The number of amides is 2. The van der Waals surface area contributed by atoms with Gasteiger partial charge in [0.1, 0.15) is 11.6 Å². The second kappa shape index (κ2) is 11.3. The lowest BCUT2D eigenvalue weighted by Crippen LogP contribution is -2.42. The van der Waals surface area contributed by atoms with Gasteiger partial charge in [0.15, 0.2) is 11.9 Å². The third-order valence-corrected chi connectivity index (χ3v) is 5.70. The van der Waals surface area contributed by atoms with E-state index in [2.05, 4.69) is 20.8 Å². The maximum Gasteiger partial charge on any atom is 0.319 e. The number of ketones is 1. The minimum Gasteiger partial charge on any atom is -0.481 e. The molecule has 1 fully saturated rings. The van der Waals surface area contributed by atoms with Gasteiger partial charge in [0.25, 0.3) is 5.89 Å². The molecular weight excluding hydrogens is 471 g/mol. The summed E-state index contributed by atoms with van der Waals surface area (Å²) in [4.78, 5) is 28.4. The number of hydrogen-bond donors (Lipinski definition) is 4. The average Bonchev–Trinajstić information content (AvgIpc) is 3.63. The standard InChI is InChI=1S/C25H27FN4O6/c1-2-21(35-18-8-5-15(6-9-18)22(33)14-3-4-14)24-29-23(30-36-24)16-7-10-20(19(26)11-16)28-25(34)27-17(12-31)13-32/h5-11,14,17,21,31-32H,2-4,12-13H2,1H3,(H2,27,28,34)/t21-/m1/s1. The van der Waals surface area contributed by atoms with Gasteiger partial charge >= 0.3 is 6.03 Å². The van der Waals surface area contributed by atoms with Crippen LogP contribution in [0.1, 0.15) is 48.5 Å². The molecule has 3 aromatic rings. The number of carbonyl (C=O) groups is 2. The summed E-state index contributed by atoms with van der Waals surface area (Å²) in [6.45, 7) is 0.974. The van der Waals surface area contributed by atoms with E-state index >= 15 is 0 Å². The Morgan fingerprint density at radius 1 is 1.17 bits per heavy atom. The minimum atomic E-state index is -0.859. The molecule has 11 heteroatoms. The fourth-order valence-corrected chi connectivity index (χ4v) is 3.48. The second-order valence-electron chi connectivity index (χ2n) is 8.49. The zero-order chi connectivity index (χ0) is 25.7. The van der Waals surface area contributed by atoms with Crippen LogP contribution in [0, 0.1) is 11.7 Å². The molecule has 0 unspecified atom stereocenters. The molecule has 0 radical (unpaired) electrons. The van der Waals surface area contributed by atoms with Crippen LogP contribution in [0.5, 0.6) is 5.75 Å². The van der Waals surface area contributed by atoms with E-state index in [0.29, 0.717) is 23.3 Å². The Kier molecular flexibility index (Phi) is 7.91. The number of anilines is 1. The molecule has 4 rings (SSSR count). The summed E-state index contributed by atoms with van der Waals surface area (Å²) in [5.41, 5.74) is 0.889. The van der Waals surface area contributed by atoms with Gasteiger partial charge in [-0.3, -0.25) is 4.79 Å². The van der Waals surface area contributed by atoms with Gasteiger partial charge in [-0.2, -0.15) is 4.98 Å². The van der Waals surface area contributed by atoms with Gasteiger partial charge in [-0.15, -0.1) is 0 Å². The van der Waals surface area contributed by atoms with Crippen LogP contribution in [0.15, 0.2) is 47.0 Å². The lowest BCUT2D eigenvalue weighted by atomic mass is 10.1. The number of urea groups is 1. The van der Waals surface area contributed by atoms with Gasteiger partial charge in [0.05, 0.1) is 24.9 Å². The number of rotatable bonds is 11. The van der Waals surface area contributed by atoms with Crippen molar-refractivity contribution >= 4 is 17.5 Å². The van der Waals surface area contributed by atoms with Gasteiger partial charge < -0.3 is 30.1 Å². The van der Waals surface area contributed by atoms with E-state index in [-0.39, 0.29) is 29.1 Å². The van der Waals surface area contributed by atoms with E-state index in [9.17, 15) is 14.0 Å². The molecule has 2 aromatic carbocycles. The molecule has 0 saturated heterocycles. The molecule has 190 valence electrons. The Hall–Kier alpha value is -3.83. The largest absolute Gasteiger partial charge is 0.481 e. The molecule has 1 aliphatic rings. The molecule has 4 N–H and O–H groups in total. The zero-order valence-electron chi connectivity index (χ0n) is 19.6. The number of ether oxygens (including phenoxy) is 1. The average molecular weight is 499 g/mol. The number of benzene rings is 2. The monoisotopic (exact) mass is 498 g/mol. The van der Waals surface area contributed by atoms with Gasteiger partial charge in [-0.1, -0.05) is 12.1 Å². The van der Waals surface area contributed by atoms with Gasteiger partial charge in [0, 0.05) is 17.0 Å². The van der Waals surface area contributed by atoms with Crippen molar-refractivity contribution in [3.63, 3.8) is 0 Å². The van der Waals surface area contributed by atoms with Crippen LogP contribution in [-0.4, -0.2) is 51.4 Å². The number of nitrogens with one attached hydrogen (secondary N) is 2. The molecule has 0 spiro atoms. The first-order valence-electron chi connectivity index (χ1n) is 11.7. The lowest BCUT2D eigenvalue weighted by molar-refractivity contribution is 0.0967. The highest BCUT2D eigenvalue weighted by Crippen LogP contribution is 2.33. The molecule has 10 nitrogen and oxygen atoms in total. The Morgan fingerprint density at radius 2 is 1.89 bits per heavy atom. The smallest absolute Gasteiger partial charge is 0.319 e. The normalized spacial score (nSPS) is 13.9. The van der Waals surface area contributed by atoms with E-state index in [0.717, 1.165) is 18.9 Å². The first-order chi connectivity index (χ1) is 17.4. The zero-order valence-corrected chi connectivity index (χ0v) is 19.6. The summed E-state index contributed by atoms with van der Waals surface area (Å²) in [6.07, 6.45) is 1.88. The molecule has 36 heavy (non-hydrogen) atoms. The molecule has 0 aliphatic heterocycles. The number of carbonyl (C=O) groups excluding carboxylic acids is 2. The van der Waals surface area contributed by atoms with Crippen LogP contribution in [0.25, 0.3) is 11.4 Å². The first-order valence-corrected chi connectivity index (χ1v) is 11.7. The molecule has 1 atom stereocenters. The molecule has 2 amide bonds. The van der Waals surface area contributed by atoms with Crippen LogP contribution in [0.4, 0.5) is 14.9 Å². The molecular formula is C25H27FN4O6. The summed E-state index contributed by atoms with van der Waals surface area (Å²) in [7, 11) is 0. The van der Waals surface area contributed by atoms with Crippen LogP contribution in [0.2, 0.25) is 0 Å². The molecule has 0 bridgehead atoms. The van der Waals surface area contributed by atoms with Crippen LogP contribution < -0.4 is 15.4 Å². The summed E-state index contributed by atoms with van der Waals surface area (Å²) < 4.78 is 25.9. The number of aromatic nitrogens is 2. The quantitative estimate of drug-likeness (QED) is 0.294. The molecule has 1 saturated carbocycles. The topological polar surface area (TPSA) is 147 Å². The third kappa shape index (κ3) is 6.04. The van der Waals surface area contributed by atoms with E-state index in [1.165, 1.54) is 12.1 Å². The van der Waals surface area contributed by atoms with Gasteiger partial charge in [0.2, 0.25) is 5.82 Å². The first kappa shape index (κ1) is 25.3. The van der Waals surface area contributed by atoms with Gasteiger partial charge in [-0.25, -0.2) is 9.18 Å². The maximum absolute atomic E-state index is 14.6. The molecule has 1 aromatic heterocycles. The Bertz CT molecular complexity index is 1210. The summed E-state index contributed by atoms with van der Waals surface area (Å²) in [5.74, 6) is 0.484. The van der Waals surface area contributed by atoms with Crippen LogP contribution in [0.3, 0.4) is 0 Å². The highest BCUT2D eigenvalue weighted by atomic mass is 19.1. The number of hydrogen-bond acceptors (Lipinski definition) is 8. The highest BCUT2D eigenvalue weighted by Gasteiger charge is 2.30. The molecule has 1 aliphatic carbocycles. The SMILES string of the molecule is CC[C@@H](Oc1ccc(C(=O)C2CC2)cc1)c1nc(-c2ccc(NC(=O)NC(CO)CO)c(F)c2)no1. The molecule has 1 heterocycles. The number of aliphatic hydroxyl groups is 2. The second-order valence-corrected chi connectivity index (χ2v) is 8.49. The van der Waals surface area contributed by atoms with Crippen molar-refractivity contribution in [1.29, 1.82) is 0 Å². The maximum atomic E-state index is 14.6. The summed E-state index contributed by atoms with van der Waals surface area (Å²) >= 11 is 0. The Morgan fingerprint density at radius 3 is 2.50 bits per heavy atom. The van der Waals surface area contributed by atoms with Crippen molar-refractivity contribution in [2.24, 2.45) is 5.92 Å². The number of aliphatic hydroxyl groups excluding tert-OH is 2. The lowest BCUT2D eigenvalue weighted by Gasteiger charge is -2.14. The fourth-order valence-electron chi connectivity index (χ4n) is 3.48. The van der Waals surface area contributed by atoms with Crippen molar-refractivity contribution in [2.45, 2.75) is 38.3 Å². The number of Topliss-reactive ketones (excluding diaryl/α,β-unsaturated/α-hetero) is 1.